The summed E-state index contributed by atoms with van der Waals surface area (Å²) in [6, 6.07) is 11.8. The van der Waals surface area contributed by atoms with Gasteiger partial charge in [-0.3, -0.25) is 4.79 Å². The molecule has 1 fully saturated rings. The van der Waals surface area contributed by atoms with Crippen LogP contribution in [0.1, 0.15) is 24.8 Å². The molecule has 0 heterocycles. The van der Waals surface area contributed by atoms with E-state index < -0.39 is 5.92 Å². The van der Waals surface area contributed by atoms with E-state index in [1.165, 1.54) is 0 Å². The fourth-order valence-electron chi connectivity index (χ4n) is 2.70. The van der Waals surface area contributed by atoms with Crippen molar-refractivity contribution in [2.24, 2.45) is 5.92 Å². The summed E-state index contributed by atoms with van der Waals surface area (Å²) >= 11 is 0. The fraction of sp³-hybridized carbons (Fsp3) is 0.500. The molecule has 2 rings (SSSR count). The number of methoxy groups -OCH3 is 1. The summed E-state index contributed by atoms with van der Waals surface area (Å²) in [4.78, 5) is 12.2. The van der Waals surface area contributed by atoms with Crippen LogP contribution < -0.4 is 5.32 Å². The third-order valence-electron chi connectivity index (χ3n) is 3.84. The molecule has 3 unspecified atom stereocenters. The highest BCUT2D eigenvalue weighted by atomic mass is 16.5. The van der Waals surface area contributed by atoms with Crippen LogP contribution in [-0.4, -0.2) is 25.2 Å². The molecule has 0 bridgehead atoms. The molecule has 4 nitrogen and oxygen atoms in total. The molecule has 106 valence electrons. The van der Waals surface area contributed by atoms with Gasteiger partial charge in [0.25, 0.3) is 0 Å². The van der Waals surface area contributed by atoms with Crippen molar-refractivity contribution < 1.29 is 9.53 Å². The largest absolute Gasteiger partial charge is 0.379 e. The summed E-state index contributed by atoms with van der Waals surface area (Å²) in [5, 5.41) is 12.2. The van der Waals surface area contributed by atoms with Crippen LogP contribution in [0.3, 0.4) is 0 Å². The Labute approximate surface area is 119 Å². The van der Waals surface area contributed by atoms with E-state index in [9.17, 15) is 10.1 Å². The first-order valence-corrected chi connectivity index (χ1v) is 7.01. The van der Waals surface area contributed by atoms with Crippen molar-refractivity contribution in [3.63, 3.8) is 0 Å². The Morgan fingerprint density at radius 3 is 2.85 bits per heavy atom. The number of hydrogen-bond donors (Lipinski definition) is 1. The van der Waals surface area contributed by atoms with Crippen molar-refractivity contribution in [1.29, 1.82) is 5.26 Å². The number of nitriles is 1. The van der Waals surface area contributed by atoms with Crippen LogP contribution in [0.4, 0.5) is 0 Å². The molecule has 1 aliphatic carbocycles. The smallest absolute Gasteiger partial charge is 0.238 e. The number of benzene rings is 1. The van der Waals surface area contributed by atoms with Gasteiger partial charge in [0.2, 0.25) is 5.91 Å². The lowest BCUT2D eigenvalue weighted by Crippen LogP contribution is -2.43. The van der Waals surface area contributed by atoms with E-state index in [2.05, 4.69) is 11.4 Å². The number of rotatable bonds is 5. The lowest BCUT2D eigenvalue weighted by atomic mass is 9.99. The molecule has 1 N–H and O–H groups in total. The lowest BCUT2D eigenvalue weighted by molar-refractivity contribution is -0.124. The Kier molecular flexibility index (Phi) is 5.14. The standard InChI is InChI=1S/C16H20N2O2/c1-20-15-9-5-8-14(15)18-16(19)13(11-17)10-12-6-3-2-4-7-12/h2-4,6-7,13-15H,5,8-10H2,1H3,(H,18,19). The molecular formula is C16H20N2O2. The molecule has 3 atom stereocenters. The van der Waals surface area contributed by atoms with Crippen molar-refractivity contribution >= 4 is 5.91 Å². The minimum Gasteiger partial charge on any atom is -0.379 e. The van der Waals surface area contributed by atoms with Gasteiger partial charge in [-0.25, -0.2) is 0 Å². The van der Waals surface area contributed by atoms with Crippen molar-refractivity contribution in [3.8, 4) is 6.07 Å². The zero-order valence-electron chi connectivity index (χ0n) is 11.7. The lowest BCUT2D eigenvalue weighted by Gasteiger charge is -2.21. The molecule has 4 heteroatoms. The Bertz CT molecular complexity index is 481. The number of carbonyl (C=O) groups excluding carboxylic acids is 1. The van der Waals surface area contributed by atoms with Crippen molar-refractivity contribution in [1.82, 2.24) is 5.32 Å². The summed E-state index contributed by atoms with van der Waals surface area (Å²) in [5.74, 6) is -0.833. The molecule has 20 heavy (non-hydrogen) atoms. The molecule has 1 aromatic rings. The van der Waals surface area contributed by atoms with Crippen molar-refractivity contribution in [3.05, 3.63) is 35.9 Å². The first-order chi connectivity index (χ1) is 9.74. The number of amides is 1. The number of nitrogens with one attached hydrogen (secondary N) is 1. The van der Waals surface area contributed by atoms with E-state index in [-0.39, 0.29) is 18.1 Å². The molecule has 1 aromatic carbocycles. The van der Waals surface area contributed by atoms with Crippen LogP contribution in [0, 0.1) is 17.2 Å². The monoisotopic (exact) mass is 272 g/mol. The highest BCUT2D eigenvalue weighted by Crippen LogP contribution is 2.22. The topological polar surface area (TPSA) is 62.1 Å². The normalized spacial score (nSPS) is 23.0. The van der Waals surface area contributed by atoms with Gasteiger partial charge in [0.1, 0.15) is 5.92 Å². The molecule has 1 amide bonds. The molecule has 0 aliphatic heterocycles. The third kappa shape index (κ3) is 3.58. The Morgan fingerprint density at radius 2 is 2.20 bits per heavy atom. The van der Waals surface area contributed by atoms with Crippen LogP contribution >= 0.6 is 0 Å². The van der Waals surface area contributed by atoms with Gasteiger partial charge in [-0.15, -0.1) is 0 Å². The van der Waals surface area contributed by atoms with Gasteiger partial charge >= 0.3 is 0 Å². The average molecular weight is 272 g/mol. The summed E-state index contributed by atoms with van der Waals surface area (Å²) in [6.45, 7) is 0. The van der Waals surface area contributed by atoms with Gasteiger partial charge in [-0.1, -0.05) is 30.3 Å². The van der Waals surface area contributed by atoms with Crippen molar-refractivity contribution in [2.75, 3.05) is 7.11 Å². The Hall–Kier alpha value is -1.86. The molecule has 0 aromatic heterocycles. The highest BCUT2D eigenvalue weighted by Gasteiger charge is 2.30. The SMILES string of the molecule is COC1CCCC1NC(=O)C(C#N)Cc1ccccc1. The van der Waals surface area contributed by atoms with Gasteiger partial charge < -0.3 is 10.1 Å². The van der Waals surface area contributed by atoms with E-state index in [1.54, 1.807) is 7.11 Å². The maximum Gasteiger partial charge on any atom is 0.238 e. The summed E-state index contributed by atoms with van der Waals surface area (Å²) < 4.78 is 5.36. The van der Waals surface area contributed by atoms with Gasteiger partial charge in [-0.05, 0) is 31.2 Å². The third-order valence-corrected chi connectivity index (χ3v) is 3.84. The zero-order valence-corrected chi connectivity index (χ0v) is 11.7. The first kappa shape index (κ1) is 14.5. The summed E-state index contributed by atoms with van der Waals surface area (Å²) in [5.41, 5.74) is 1.00. The predicted octanol–water partition coefficient (Wildman–Crippen LogP) is 2.05. The fourth-order valence-corrected chi connectivity index (χ4v) is 2.70. The number of ether oxygens (including phenoxy) is 1. The van der Waals surface area contributed by atoms with Crippen LogP contribution in [0.25, 0.3) is 0 Å². The van der Waals surface area contributed by atoms with E-state index in [0.29, 0.717) is 6.42 Å². The maximum atomic E-state index is 12.2. The van der Waals surface area contributed by atoms with Crippen LogP contribution in [0.15, 0.2) is 30.3 Å². The van der Waals surface area contributed by atoms with Crippen LogP contribution in [0.5, 0.6) is 0 Å². The molecular weight excluding hydrogens is 252 g/mol. The second kappa shape index (κ2) is 7.06. The number of nitrogens with zero attached hydrogens (tertiary/aromatic N) is 1. The zero-order chi connectivity index (χ0) is 14.4. The van der Waals surface area contributed by atoms with Gasteiger partial charge in [-0.2, -0.15) is 5.26 Å². The average Bonchev–Trinajstić information content (AvgIpc) is 2.92. The van der Waals surface area contributed by atoms with Gasteiger partial charge in [0.05, 0.1) is 18.2 Å². The second-order valence-electron chi connectivity index (χ2n) is 5.19. The van der Waals surface area contributed by atoms with Crippen LogP contribution in [-0.2, 0) is 16.0 Å². The number of hydrogen-bond acceptors (Lipinski definition) is 3. The van der Waals surface area contributed by atoms with Gasteiger partial charge in [0.15, 0.2) is 0 Å². The molecule has 0 spiro atoms. The highest BCUT2D eigenvalue weighted by molar-refractivity contribution is 5.81. The molecule has 1 aliphatic rings. The quantitative estimate of drug-likeness (QED) is 0.892. The van der Waals surface area contributed by atoms with E-state index >= 15 is 0 Å². The minimum absolute atomic E-state index is 0.0409. The molecule has 1 saturated carbocycles. The summed E-state index contributed by atoms with van der Waals surface area (Å²) in [6.07, 6.45) is 3.48. The van der Waals surface area contributed by atoms with Crippen LogP contribution in [0.2, 0.25) is 0 Å². The Balaban J connectivity index is 1.94. The summed E-state index contributed by atoms with van der Waals surface area (Å²) in [7, 11) is 1.67. The van der Waals surface area contributed by atoms with E-state index in [0.717, 1.165) is 24.8 Å². The second-order valence-corrected chi connectivity index (χ2v) is 5.19. The minimum atomic E-state index is -0.643. The molecule has 0 radical (unpaired) electrons. The predicted molar refractivity (Wildman–Crippen MR) is 75.8 cm³/mol. The van der Waals surface area contributed by atoms with E-state index in [4.69, 9.17) is 4.74 Å². The van der Waals surface area contributed by atoms with Crippen molar-refractivity contribution in [2.45, 2.75) is 37.8 Å². The molecule has 0 saturated heterocycles. The van der Waals surface area contributed by atoms with E-state index in [1.807, 2.05) is 30.3 Å². The maximum absolute atomic E-state index is 12.2. The Morgan fingerprint density at radius 1 is 1.45 bits per heavy atom. The first-order valence-electron chi connectivity index (χ1n) is 7.01. The van der Waals surface area contributed by atoms with Gasteiger partial charge in [0, 0.05) is 7.11 Å². The number of carbonyl (C=O) groups is 1.